The Morgan fingerprint density at radius 2 is 2.67 bits per heavy atom. The second kappa shape index (κ2) is 2.96. The fourth-order valence-electron chi connectivity index (χ4n) is 0.652. The smallest absolute Gasteiger partial charge is 0.253 e. The lowest BCUT2D eigenvalue weighted by atomic mass is 10.5. The number of nitrogens with zero attached hydrogens (tertiary/aromatic N) is 2. The zero-order valence-electron chi connectivity index (χ0n) is 4.88. The summed E-state index contributed by atoms with van der Waals surface area (Å²) in [5.74, 6) is 0.0313. The number of alkyl halides is 1. The molecule has 9 heavy (non-hydrogen) atoms. The zero-order chi connectivity index (χ0) is 6.69. The van der Waals surface area contributed by atoms with E-state index in [4.69, 9.17) is 0 Å². The standard InChI is InChI=1S/C5H7BrN2O/c6-4-5(9)8-3-1-2-7-8/h2H,1,3-4H2. The molecule has 0 atom stereocenters. The highest BCUT2D eigenvalue weighted by molar-refractivity contribution is 9.09. The maximum absolute atomic E-state index is 10.8. The van der Waals surface area contributed by atoms with Crippen molar-refractivity contribution in [2.24, 2.45) is 5.10 Å². The first-order valence-corrected chi connectivity index (χ1v) is 3.85. The second-order valence-electron chi connectivity index (χ2n) is 1.74. The van der Waals surface area contributed by atoms with E-state index in [2.05, 4.69) is 21.0 Å². The number of carbonyl (C=O) groups excluding carboxylic acids is 1. The molecule has 0 saturated heterocycles. The molecule has 1 heterocycles. The molecule has 0 radical (unpaired) electrons. The van der Waals surface area contributed by atoms with Crippen molar-refractivity contribution in [2.75, 3.05) is 11.9 Å². The highest BCUT2D eigenvalue weighted by Gasteiger charge is 2.12. The minimum atomic E-state index is 0.0313. The molecular formula is C5H7BrN2O. The number of hydrazone groups is 1. The molecule has 1 rings (SSSR count). The maximum atomic E-state index is 10.8. The Morgan fingerprint density at radius 3 is 3.11 bits per heavy atom. The molecular weight excluding hydrogens is 184 g/mol. The van der Waals surface area contributed by atoms with E-state index in [0.717, 1.165) is 13.0 Å². The summed E-state index contributed by atoms with van der Waals surface area (Å²) in [6.45, 7) is 0.741. The van der Waals surface area contributed by atoms with Gasteiger partial charge in [-0.3, -0.25) is 4.79 Å². The van der Waals surface area contributed by atoms with Crippen LogP contribution in [-0.4, -0.2) is 29.0 Å². The summed E-state index contributed by atoms with van der Waals surface area (Å²) in [6, 6.07) is 0. The van der Waals surface area contributed by atoms with E-state index in [-0.39, 0.29) is 5.91 Å². The number of amides is 1. The SMILES string of the molecule is O=C(CBr)N1CCC=N1. The van der Waals surface area contributed by atoms with Crippen molar-refractivity contribution in [3.8, 4) is 0 Å². The van der Waals surface area contributed by atoms with E-state index < -0.39 is 0 Å². The molecule has 0 aromatic rings. The van der Waals surface area contributed by atoms with E-state index in [9.17, 15) is 4.79 Å². The predicted molar refractivity (Wildman–Crippen MR) is 38.6 cm³/mol. The molecule has 0 N–H and O–H groups in total. The molecule has 0 aromatic heterocycles. The summed E-state index contributed by atoms with van der Waals surface area (Å²) in [7, 11) is 0. The summed E-state index contributed by atoms with van der Waals surface area (Å²) in [5, 5.41) is 5.67. The van der Waals surface area contributed by atoms with Crippen molar-refractivity contribution in [3.05, 3.63) is 0 Å². The van der Waals surface area contributed by atoms with Crippen molar-refractivity contribution in [1.29, 1.82) is 0 Å². The number of carbonyl (C=O) groups is 1. The Morgan fingerprint density at radius 1 is 1.89 bits per heavy atom. The summed E-state index contributed by atoms with van der Waals surface area (Å²) < 4.78 is 0. The maximum Gasteiger partial charge on any atom is 0.253 e. The first-order chi connectivity index (χ1) is 4.34. The molecule has 0 fully saturated rings. The van der Waals surface area contributed by atoms with Gasteiger partial charge in [-0.05, 0) is 0 Å². The largest absolute Gasteiger partial charge is 0.272 e. The third-order valence-corrected chi connectivity index (χ3v) is 1.57. The minimum Gasteiger partial charge on any atom is -0.272 e. The van der Waals surface area contributed by atoms with Gasteiger partial charge in [0.1, 0.15) is 0 Å². The van der Waals surface area contributed by atoms with E-state index in [0.29, 0.717) is 5.33 Å². The molecule has 0 bridgehead atoms. The molecule has 0 saturated carbocycles. The lowest BCUT2D eigenvalue weighted by Crippen LogP contribution is -2.24. The predicted octanol–water partition coefficient (Wildman–Crippen LogP) is 0.599. The second-order valence-corrected chi connectivity index (χ2v) is 2.30. The topological polar surface area (TPSA) is 32.7 Å². The molecule has 0 spiro atoms. The number of rotatable bonds is 1. The summed E-state index contributed by atoms with van der Waals surface area (Å²) in [5.41, 5.74) is 0. The van der Waals surface area contributed by atoms with Gasteiger partial charge in [-0.2, -0.15) is 5.10 Å². The number of halogens is 1. The van der Waals surface area contributed by atoms with Crippen LogP contribution in [0.4, 0.5) is 0 Å². The van der Waals surface area contributed by atoms with E-state index in [1.54, 1.807) is 6.21 Å². The van der Waals surface area contributed by atoms with Gasteiger partial charge in [0.15, 0.2) is 0 Å². The van der Waals surface area contributed by atoms with Crippen LogP contribution in [-0.2, 0) is 4.79 Å². The summed E-state index contributed by atoms with van der Waals surface area (Å²) in [6.07, 6.45) is 2.64. The van der Waals surface area contributed by atoms with E-state index in [1.807, 2.05) is 0 Å². The average Bonchev–Trinajstić information content (AvgIpc) is 2.37. The van der Waals surface area contributed by atoms with Gasteiger partial charge in [-0.25, -0.2) is 5.01 Å². The average molecular weight is 191 g/mol. The van der Waals surface area contributed by atoms with Gasteiger partial charge in [0, 0.05) is 19.2 Å². The molecule has 4 heteroatoms. The van der Waals surface area contributed by atoms with Crippen LogP contribution >= 0.6 is 15.9 Å². The molecule has 1 amide bonds. The van der Waals surface area contributed by atoms with Gasteiger partial charge in [0.25, 0.3) is 5.91 Å². The van der Waals surface area contributed by atoms with Gasteiger partial charge in [-0.15, -0.1) is 0 Å². The first kappa shape index (κ1) is 6.74. The van der Waals surface area contributed by atoms with Gasteiger partial charge in [0.05, 0.1) is 5.33 Å². The van der Waals surface area contributed by atoms with Crippen molar-refractivity contribution in [2.45, 2.75) is 6.42 Å². The monoisotopic (exact) mass is 190 g/mol. The van der Waals surface area contributed by atoms with Crippen LogP contribution in [0.1, 0.15) is 6.42 Å². The third kappa shape index (κ3) is 1.51. The summed E-state index contributed by atoms with van der Waals surface area (Å²) in [4.78, 5) is 10.8. The van der Waals surface area contributed by atoms with Crippen LogP contribution in [0.5, 0.6) is 0 Å². The molecule has 0 unspecified atom stereocenters. The normalized spacial score (nSPS) is 16.8. The highest BCUT2D eigenvalue weighted by atomic mass is 79.9. The molecule has 3 nitrogen and oxygen atoms in total. The third-order valence-electron chi connectivity index (χ3n) is 1.09. The zero-order valence-corrected chi connectivity index (χ0v) is 6.47. The van der Waals surface area contributed by atoms with Gasteiger partial charge < -0.3 is 0 Å². The Hall–Kier alpha value is -0.380. The van der Waals surface area contributed by atoms with Crippen molar-refractivity contribution in [1.82, 2.24) is 5.01 Å². The van der Waals surface area contributed by atoms with Crippen LogP contribution in [0.25, 0.3) is 0 Å². The van der Waals surface area contributed by atoms with Crippen LogP contribution in [0, 0.1) is 0 Å². The molecule has 0 aliphatic carbocycles. The Kier molecular flexibility index (Phi) is 2.22. The fraction of sp³-hybridized carbons (Fsp3) is 0.600. The molecule has 1 aliphatic heterocycles. The van der Waals surface area contributed by atoms with E-state index >= 15 is 0 Å². The molecule has 0 aromatic carbocycles. The summed E-state index contributed by atoms with van der Waals surface area (Å²) >= 11 is 3.06. The molecule has 1 aliphatic rings. The minimum absolute atomic E-state index is 0.0313. The number of hydrogen-bond acceptors (Lipinski definition) is 2. The fourth-order valence-corrected chi connectivity index (χ4v) is 0.942. The van der Waals surface area contributed by atoms with Crippen molar-refractivity contribution in [3.63, 3.8) is 0 Å². The lowest BCUT2D eigenvalue weighted by molar-refractivity contribution is -0.127. The lowest BCUT2D eigenvalue weighted by Gasteiger charge is -2.07. The first-order valence-electron chi connectivity index (χ1n) is 2.73. The van der Waals surface area contributed by atoms with Gasteiger partial charge >= 0.3 is 0 Å². The van der Waals surface area contributed by atoms with Crippen LogP contribution < -0.4 is 0 Å². The van der Waals surface area contributed by atoms with E-state index in [1.165, 1.54) is 5.01 Å². The Labute approximate surface area is 61.8 Å². The quantitative estimate of drug-likeness (QED) is 0.558. The van der Waals surface area contributed by atoms with Crippen LogP contribution in [0.15, 0.2) is 5.10 Å². The van der Waals surface area contributed by atoms with Crippen molar-refractivity contribution >= 4 is 28.1 Å². The Bertz CT molecular complexity index is 146. The van der Waals surface area contributed by atoms with Gasteiger partial charge in [0.2, 0.25) is 0 Å². The van der Waals surface area contributed by atoms with Gasteiger partial charge in [-0.1, -0.05) is 15.9 Å². The van der Waals surface area contributed by atoms with Crippen LogP contribution in [0.2, 0.25) is 0 Å². The molecule has 50 valence electrons. The Balaban J connectivity index is 2.43. The van der Waals surface area contributed by atoms with Crippen LogP contribution in [0.3, 0.4) is 0 Å². The number of hydrogen-bond donors (Lipinski definition) is 0. The highest BCUT2D eigenvalue weighted by Crippen LogP contribution is 2.00. The van der Waals surface area contributed by atoms with Crippen molar-refractivity contribution < 1.29 is 4.79 Å².